The Hall–Kier alpha value is -2.96. The summed E-state index contributed by atoms with van der Waals surface area (Å²) in [6.07, 6.45) is -5.24. The number of hydrogen-bond acceptors (Lipinski definition) is 8. The van der Waals surface area contributed by atoms with E-state index in [4.69, 9.17) is 9.26 Å². The van der Waals surface area contributed by atoms with Crippen LogP contribution in [0.1, 0.15) is 29.6 Å². The first-order chi connectivity index (χ1) is 15.1. The van der Waals surface area contributed by atoms with Crippen molar-refractivity contribution in [3.63, 3.8) is 0 Å². The number of morpholine rings is 1. The van der Waals surface area contributed by atoms with Crippen LogP contribution in [0.3, 0.4) is 0 Å². The van der Waals surface area contributed by atoms with Crippen LogP contribution in [-0.2, 0) is 11.3 Å². The van der Waals surface area contributed by atoms with Crippen molar-refractivity contribution in [3.05, 3.63) is 33.7 Å². The van der Waals surface area contributed by atoms with Gasteiger partial charge in [-0.05, 0) is 20.3 Å². The number of anilines is 2. The van der Waals surface area contributed by atoms with Gasteiger partial charge in [0.05, 0.1) is 25.8 Å². The third-order valence-electron chi connectivity index (χ3n) is 5.58. The Morgan fingerprint density at radius 2 is 2.06 bits per heavy atom. The molecule has 32 heavy (non-hydrogen) atoms. The van der Waals surface area contributed by atoms with E-state index >= 15 is 0 Å². The zero-order chi connectivity index (χ0) is 23.2. The van der Waals surface area contributed by atoms with Crippen LogP contribution in [0.2, 0.25) is 0 Å². The summed E-state index contributed by atoms with van der Waals surface area (Å²) >= 11 is 0. The molecule has 2 aliphatic heterocycles. The van der Waals surface area contributed by atoms with Crippen LogP contribution < -0.4 is 15.4 Å². The fourth-order valence-electron chi connectivity index (χ4n) is 3.96. The normalized spacial score (nSPS) is 21.6. The maximum atomic E-state index is 14.9. The van der Waals surface area contributed by atoms with Gasteiger partial charge in [-0.3, -0.25) is 14.2 Å². The average molecular weight is 459 g/mol. The number of nitrogens with zero attached hydrogens (tertiary/aromatic N) is 5. The van der Waals surface area contributed by atoms with Gasteiger partial charge >= 0.3 is 6.18 Å². The number of aromatic nitrogens is 3. The molecular formula is C19H21F4N5O4. The highest BCUT2D eigenvalue weighted by molar-refractivity contribution is 5.97. The summed E-state index contributed by atoms with van der Waals surface area (Å²) in [5.74, 6) is -2.34. The second kappa shape index (κ2) is 8.19. The second-order valence-electron chi connectivity index (χ2n) is 7.84. The molecule has 2 atom stereocenters. The Morgan fingerprint density at radius 1 is 1.31 bits per heavy atom. The molecule has 4 heterocycles. The standard InChI is InChI=1S/C19H21F4N5O4/c1-10-9-31-6-5-26(10)16-15(20)17(30)27-4-3-14(19(21,22)23)28(18(27)24-16)8-13(29)12-7-11(2)32-25-12/h7,10,14H,3-6,8-9H2,1-2H3/t10-,14+/m1/s1. The zero-order valence-corrected chi connectivity index (χ0v) is 17.4. The Bertz CT molecular complexity index is 1080. The second-order valence-corrected chi connectivity index (χ2v) is 7.84. The summed E-state index contributed by atoms with van der Waals surface area (Å²) < 4.78 is 67.4. The first-order valence-electron chi connectivity index (χ1n) is 10.0. The van der Waals surface area contributed by atoms with Crippen molar-refractivity contribution in [2.24, 2.45) is 0 Å². The number of halogens is 4. The molecule has 0 saturated carbocycles. The molecule has 174 valence electrons. The van der Waals surface area contributed by atoms with Gasteiger partial charge in [0.25, 0.3) is 5.56 Å². The predicted molar refractivity (Wildman–Crippen MR) is 103 cm³/mol. The molecule has 0 aromatic carbocycles. The van der Waals surface area contributed by atoms with Crippen LogP contribution in [0.5, 0.6) is 0 Å². The van der Waals surface area contributed by atoms with E-state index in [0.29, 0.717) is 10.7 Å². The molecule has 0 aliphatic carbocycles. The summed E-state index contributed by atoms with van der Waals surface area (Å²) in [4.78, 5) is 31.7. The highest BCUT2D eigenvalue weighted by atomic mass is 19.4. The molecule has 4 rings (SSSR count). The first kappa shape index (κ1) is 22.2. The number of carbonyl (C=O) groups is 1. The molecule has 1 fully saturated rings. The average Bonchev–Trinajstić information content (AvgIpc) is 3.17. The van der Waals surface area contributed by atoms with Gasteiger partial charge in [0.15, 0.2) is 11.5 Å². The van der Waals surface area contributed by atoms with E-state index in [1.165, 1.54) is 17.9 Å². The van der Waals surface area contributed by atoms with E-state index in [-0.39, 0.29) is 43.9 Å². The molecule has 0 amide bonds. The SMILES string of the molecule is Cc1cc(C(=O)CN2c3nc(N4CCOC[C@H]4C)c(F)c(=O)n3CC[C@H]2C(F)(F)F)no1. The summed E-state index contributed by atoms with van der Waals surface area (Å²) in [5.41, 5.74) is -1.23. The summed E-state index contributed by atoms with van der Waals surface area (Å²) in [5, 5.41) is 3.55. The number of carbonyl (C=O) groups excluding carboxylic acids is 1. The van der Waals surface area contributed by atoms with Crippen LogP contribution in [-0.4, -0.2) is 65.1 Å². The minimum absolute atomic E-state index is 0.146. The van der Waals surface area contributed by atoms with Gasteiger partial charge < -0.3 is 19.1 Å². The number of ketones is 1. The molecule has 0 radical (unpaired) electrons. The monoisotopic (exact) mass is 459 g/mol. The number of fused-ring (bicyclic) bond motifs is 1. The number of aryl methyl sites for hydroxylation is 1. The van der Waals surface area contributed by atoms with E-state index in [1.807, 2.05) is 0 Å². The van der Waals surface area contributed by atoms with E-state index in [1.54, 1.807) is 6.92 Å². The maximum absolute atomic E-state index is 14.9. The zero-order valence-electron chi connectivity index (χ0n) is 17.4. The fourth-order valence-corrected chi connectivity index (χ4v) is 3.96. The Labute approximate surface area is 179 Å². The highest BCUT2D eigenvalue weighted by Gasteiger charge is 2.48. The van der Waals surface area contributed by atoms with Gasteiger partial charge in [0.1, 0.15) is 11.8 Å². The van der Waals surface area contributed by atoms with Gasteiger partial charge in [-0.15, -0.1) is 0 Å². The van der Waals surface area contributed by atoms with E-state index in [9.17, 15) is 27.2 Å². The van der Waals surface area contributed by atoms with Crippen LogP contribution in [0.4, 0.5) is 29.3 Å². The van der Waals surface area contributed by atoms with E-state index < -0.39 is 48.3 Å². The maximum Gasteiger partial charge on any atom is 0.408 e. The molecule has 0 spiro atoms. The van der Waals surface area contributed by atoms with Crippen molar-refractivity contribution in [3.8, 4) is 0 Å². The Morgan fingerprint density at radius 3 is 2.69 bits per heavy atom. The lowest BCUT2D eigenvalue weighted by Crippen LogP contribution is -2.55. The molecule has 1 saturated heterocycles. The molecule has 0 bridgehead atoms. The van der Waals surface area contributed by atoms with Crippen molar-refractivity contribution >= 4 is 17.5 Å². The van der Waals surface area contributed by atoms with Crippen LogP contribution in [0.25, 0.3) is 0 Å². The van der Waals surface area contributed by atoms with E-state index in [0.717, 1.165) is 4.57 Å². The van der Waals surface area contributed by atoms with Gasteiger partial charge in [-0.2, -0.15) is 22.5 Å². The lowest BCUT2D eigenvalue weighted by molar-refractivity contribution is -0.152. The molecule has 0 unspecified atom stereocenters. The number of ether oxygens (including phenoxy) is 1. The van der Waals surface area contributed by atoms with E-state index in [2.05, 4.69) is 10.1 Å². The van der Waals surface area contributed by atoms with Gasteiger partial charge in [0.2, 0.25) is 17.5 Å². The molecular weight excluding hydrogens is 438 g/mol. The van der Waals surface area contributed by atoms with Crippen molar-refractivity contribution in [1.29, 1.82) is 0 Å². The minimum Gasteiger partial charge on any atom is -0.377 e. The summed E-state index contributed by atoms with van der Waals surface area (Å²) in [6, 6.07) is -1.11. The van der Waals surface area contributed by atoms with Crippen molar-refractivity contribution in [2.45, 2.75) is 45.1 Å². The number of alkyl halides is 3. The van der Waals surface area contributed by atoms with Crippen LogP contribution >= 0.6 is 0 Å². The molecule has 0 N–H and O–H groups in total. The van der Waals surface area contributed by atoms with Crippen molar-refractivity contribution in [1.82, 2.24) is 14.7 Å². The first-order valence-corrected chi connectivity index (χ1v) is 10.0. The third-order valence-corrected chi connectivity index (χ3v) is 5.58. The number of Topliss-reactive ketones (excluding diaryl/α,β-unsaturated/α-hetero) is 1. The third kappa shape index (κ3) is 3.96. The fraction of sp³-hybridized carbons (Fsp3) is 0.579. The largest absolute Gasteiger partial charge is 0.408 e. The molecule has 9 nitrogen and oxygen atoms in total. The number of rotatable bonds is 4. The smallest absolute Gasteiger partial charge is 0.377 e. The topological polar surface area (TPSA) is 93.7 Å². The lowest BCUT2D eigenvalue weighted by Gasteiger charge is -2.40. The quantitative estimate of drug-likeness (QED) is 0.506. The molecule has 13 heteroatoms. The summed E-state index contributed by atoms with van der Waals surface area (Å²) in [6.45, 7) is 2.85. The molecule has 2 aromatic heterocycles. The predicted octanol–water partition coefficient (Wildman–Crippen LogP) is 1.93. The van der Waals surface area contributed by atoms with Gasteiger partial charge in [-0.1, -0.05) is 5.16 Å². The Kier molecular flexibility index (Phi) is 5.69. The Balaban J connectivity index is 1.80. The highest BCUT2D eigenvalue weighted by Crippen LogP contribution is 2.35. The molecule has 2 aromatic rings. The summed E-state index contributed by atoms with van der Waals surface area (Å²) in [7, 11) is 0. The van der Waals surface area contributed by atoms with Crippen molar-refractivity contribution < 1.29 is 31.6 Å². The molecule has 2 aliphatic rings. The lowest BCUT2D eigenvalue weighted by atomic mass is 10.1. The van der Waals surface area contributed by atoms with Crippen molar-refractivity contribution in [2.75, 3.05) is 36.1 Å². The minimum atomic E-state index is -4.70. The van der Waals surface area contributed by atoms with Crippen LogP contribution in [0, 0.1) is 12.7 Å². The van der Waals surface area contributed by atoms with Gasteiger partial charge in [0, 0.05) is 19.2 Å². The van der Waals surface area contributed by atoms with Crippen LogP contribution in [0.15, 0.2) is 15.4 Å². The number of hydrogen-bond donors (Lipinski definition) is 0. The van der Waals surface area contributed by atoms with Gasteiger partial charge in [-0.25, -0.2) is 0 Å².